The number of hydrogen-bond acceptors (Lipinski definition) is 5. The van der Waals surface area contributed by atoms with Crippen LogP contribution in [0.3, 0.4) is 0 Å². The Hall–Kier alpha value is -2.11. The zero-order chi connectivity index (χ0) is 14.7. The summed E-state index contributed by atoms with van der Waals surface area (Å²) in [6.45, 7) is 3.00. The maximum Gasteiger partial charge on any atom is 0.308 e. The molecule has 2 rings (SSSR count). The molecular weight excluding hydrogens is 294 g/mol. The standard InChI is InChI=1S/C15H15NO4.ClH/c1-9(17)19-14-6-12-4-3-11(8-16)5-13(12)7-15(14)20-10(2)18;/h3-7H,8,16H2,1-2H3;1H. The molecule has 5 nitrogen and oxygen atoms in total. The largest absolute Gasteiger partial charge is 0.423 e. The quantitative estimate of drug-likeness (QED) is 0.696. The van der Waals surface area contributed by atoms with Crippen molar-refractivity contribution in [3.8, 4) is 11.5 Å². The van der Waals surface area contributed by atoms with Crippen molar-refractivity contribution >= 4 is 35.1 Å². The van der Waals surface area contributed by atoms with Crippen molar-refractivity contribution in [1.29, 1.82) is 0 Å². The zero-order valence-corrected chi connectivity index (χ0v) is 12.5. The molecule has 0 aliphatic carbocycles. The second kappa shape index (κ2) is 7.06. The van der Waals surface area contributed by atoms with Gasteiger partial charge in [0.1, 0.15) is 0 Å². The highest BCUT2D eigenvalue weighted by Crippen LogP contribution is 2.33. The Bertz CT molecular complexity index is 685. The molecule has 0 unspecified atom stereocenters. The molecule has 0 bridgehead atoms. The molecule has 0 atom stereocenters. The summed E-state index contributed by atoms with van der Waals surface area (Å²) in [4.78, 5) is 22.2. The number of carbonyl (C=O) groups excluding carboxylic acids is 2. The number of rotatable bonds is 3. The Balaban J connectivity index is 0.00000220. The van der Waals surface area contributed by atoms with Crippen LogP contribution in [-0.4, -0.2) is 11.9 Å². The number of benzene rings is 2. The first kappa shape index (κ1) is 16.9. The zero-order valence-electron chi connectivity index (χ0n) is 11.7. The fourth-order valence-electron chi connectivity index (χ4n) is 1.90. The third kappa shape index (κ3) is 4.18. The van der Waals surface area contributed by atoms with Gasteiger partial charge in [-0.1, -0.05) is 12.1 Å². The molecule has 112 valence electrons. The van der Waals surface area contributed by atoms with Gasteiger partial charge in [-0.15, -0.1) is 12.4 Å². The lowest BCUT2D eigenvalue weighted by atomic mass is 10.1. The predicted octanol–water partition coefficient (Wildman–Crippen LogP) is 2.57. The normalized spacial score (nSPS) is 9.86. The highest BCUT2D eigenvalue weighted by atomic mass is 35.5. The first-order valence-electron chi connectivity index (χ1n) is 6.13. The summed E-state index contributed by atoms with van der Waals surface area (Å²) in [5.74, 6) is -0.515. The minimum Gasteiger partial charge on any atom is -0.423 e. The van der Waals surface area contributed by atoms with Crippen molar-refractivity contribution < 1.29 is 19.1 Å². The van der Waals surface area contributed by atoms with E-state index in [-0.39, 0.29) is 23.9 Å². The van der Waals surface area contributed by atoms with Gasteiger partial charge in [0, 0.05) is 20.4 Å². The Morgan fingerprint density at radius 1 is 0.952 bits per heavy atom. The van der Waals surface area contributed by atoms with Crippen molar-refractivity contribution in [3.63, 3.8) is 0 Å². The number of esters is 2. The molecule has 0 saturated heterocycles. The van der Waals surface area contributed by atoms with E-state index in [1.807, 2.05) is 18.2 Å². The predicted molar refractivity (Wildman–Crippen MR) is 81.7 cm³/mol. The molecule has 6 heteroatoms. The monoisotopic (exact) mass is 309 g/mol. The van der Waals surface area contributed by atoms with Crippen LogP contribution in [0.25, 0.3) is 10.8 Å². The molecule has 2 aromatic rings. The van der Waals surface area contributed by atoms with E-state index in [4.69, 9.17) is 15.2 Å². The Morgan fingerprint density at radius 3 is 1.95 bits per heavy atom. The summed E-state index contributed by atoms with van der Waals surface area (Å²) in [7, 11) is 0. The Kier molecular flexibility index (Phi) is 5.69. The van der Waals surface area contributed by atoms with Crippen molar-refractivity contribution in [1.82, 2.24) is 0 Å². The SMILES string of the molecule is CC(=O)Oc1cc2ccc(CN)cc2cc1OC(C)=O.Cl. The number of halogens is 1. The fourth-order valence-corrected chi connectivity index (χ4v) is 1.90. The molecule has 21 heavy (non-hydrogen) atoms. The molecule has 0 saturated carbocycles. The second-order valence-electron chi connectivity index (χ2n) is 4.37. The number of nitrogens with two attached hydrogens (primary N) is 1. The lowest BCUT2D eigenvalue weighted by Gasteiger charge is -2.11. The van der Waals surface area contributed by atoms with Gasteiger partial charge in [-0.3, -0.25) is 9.59 Å². The summed E-state index contributed by atoms with van der Waals surface area (Å²) in [6, 6.07) is 9.00. The molecule has 2 N–H and O–H groups in total. The average Bonchev–Trinajstić information content (AvgIpc) is 2.37. The minimum atomic E-state index is -0.479. The summed E-state index contributed by atoms with van der Waals surface area (Å²) in [5, 5.41) is 1.73. The van der Waals surface area contributed by atoms with E-state index in [0.29, 0.717) is 6.54 Å². The minimum absolute atomic E-state index is 0. The van der Waals surface area contributed by atoms with Gasteiger partial charge in [0.15, 0.2) is 11.5 Å². The van der Waals surface area contributed by atoms with E-state index in [0.717, 1.165) is 16.3 Å². The lowest BCUT2D eigenvalue weighted by Crippen LogP contribution is -2.07. The van der Waals surface area contributed by atoms with Crippen molar-refractivity contribution in [2.24, 2.45) is 5.73 Å². The number of hydrogen-bond donors (Lipinski definition) is 1. The van der Waals surface area contributed by atoms with E-state index < -0.39 is 11.9 Å². The smallest absolute Gasteiger partial charge is 0.308 e. The summed E-state index contributed by atoms with van der Waals surface area (Å²) in [5.41, 5.74) is 6.57. The van der Waals surface area contributed by atoms with Gasteiger partial charge in [0.05, 0.1) is 0 Å². The van der Waals surface area contributed by atoms with E-state index >= 15 is 0 Å². The van der Waals surface area contributed by atoms with Crippen molar-refractivity contribution in [2.75, 3.05) is 0 Å². The first-order valence-corrected chi connectivity index (χ1v) is 6.13. The van der Waals surface area contributed by atoms with Crippen LogP contribution in [0.2, 0.25) is 0 Å². The molecule has 0 spiro atoms. The third-order valence-corrected chi connectivity index (χ3v) is 2.71. The molecule has 0 amide bonds. The Labute approximate surface area is 128 Å². The van der Waals surface area contributed by atoms with Gasteiger partial charge in [-0.25, -0.2) is 0 Å². The van der Waals surface area contributed by atoms with E-state index in [1.54, 1.807) is 12.1 Å². The van der Waals surface area contributed by atoms with Crippen molar-refractivity contribution in [3.05, 3.63) is 35.9 Å². The maximum absolute atomic E-state index is 11.1. The molecule has 0 heterocycles. The molecule has 2 aromatic carbocycles. The molecule has 0 aliphatic heterocycles. The molecule has 0 radical (unpaired) electrons. The van der Waals surface area contributed by atoms with Gasteiger partial charge in [-0.2, -0.15) is 0 Å². The molecule has 0 aliphatic rings. The first-order chi connectivity index (χ1) is 9.49. The highest BCUT2D eigenvalue weighted by molar-refractivity contribution is 5.88. The fraction of sp³-hybridized carbons (Fsp3) is 0.200. The van der Waals surface area contributed by atoms with Crippen LogP contribution >= 0.6 is 12.4 Å². The average molecular weight is 310 g/mol. The molecule has 0 aromatic heterocycles. The summed E-state index contributed by atoms with van der Waals surface area (Å²) >= 11 is 0. The van der Waals surface area contributed by atoms with Crippen LogP contribution in [0.5, 0.6) is 11.5 Å². The maximum atomic E-state index is 11.1. The summed E-state index contributed by atoms with van der Waals surface area (Å²) < 4.78 is 10.2. The van der Waals surface area contributed by atoms with Crippen LogP contribution in [0.4, 0.5) is 0 Å². The van der Waals surface area contributed by atoms with E-state index in [1.165, 1.54) is 13.8 Å². The van der Waals surface area contributed by atoms with E-state index in [2.05, 4.69) is 0 Å². The van der Waals surface area contributed by atoms with Gasteiger partial charge in [-0.05, 0) is 34.5 Å². The van der Waals surface area contributed by atoms with Crippen LogP contribution < -0.4 is 15.2 Å². The summed E-state index contributed by atoms with van der Waals surface area (Å²) in [6.07, 6.45) is 0. The number of carbonyl (C=O) groups is 2. The van der Waals surface area contributed by atoms with E-state index in [9.17, 15) is 9.59 Å². The topological polar surface area (TPSA) is 78.6 Å². The highest BCUT2D eigenvalue weighted by Gasteiger charge is 2.12. The van der Waals surface area contributed by atoms with Crippen LogP contribution in [0.1, 0.15) is 19.4 Å². The second-order valence-corrected chi connectivity index (χ2v) is 4.37. The van der Waals surface area contributed by atoms with Crippen LogP contribution in [0.15, 0.2) is 30.3 Å². The molecular formula is C15H16ClNO4. The van der Waals surface area contributed by atoms with Crippen LogP contribution in [0, 0.1) is 0 Å². The van der Waals surface area contributed by atoms with Gasteiger partial charge >= 0.3 is 11.9 Å². The van der Waals surface area contributed by atoms with Gasteiger partial charge in [0.2, 0.25) is 0 Å². The van der Waals surface area contributed by atoms with Gasteiger partial charge in [0.25, 0.3) is 0 Å². The number of ether oxygens (including phenoxy) is 2. The van der Waals surface area contributed by atoms with Crippen LogP contribution in [-0.2, 0) is 16.1 Å². The number of fused-ring (bicyclic) bond motifs is 1. The lowest BCUT2D eigenvalue weighted by molar-refractivity contribution is -0.134. The molecule has 0 fully saturated rings. The Morgan fingerprint density at radius 2 is 1.48 bits per heavy atom. The van der Waals surface area contributed by atoms with Gasteiger partial charge < -0.3 is 15.2 Å². The van der Waals surface area contributed by atoms with Crippen molar-refractivity contribution in [2.45, 2.75) is 20.4 Å². The third-order valence-electron chi connectivity index (χ3n) is 2.71.